The second-order valence-corrected chi connectivity index (χ2v) is 3.23. The van der Waals surface area contributed by atoms with Crippen molar-refractivity contribution in [3.63, 3.8) is 0 Å². The number of anilines is 1. The van der Waals surface area contributed by atoms with E-state index in [1.54, 1.807) is 0 Å². The van der Waals surface area contributed by atoms with Crippen molar-refractivity contribution in [2.24, 2.45) is 5.10 Å². The van der Waals surface area contributed by atoms with Gasteiger partial charge in [0, 0.05) is 17.5 Å². The molecule has 14 heavy (non-hydrogen) atoms. The Hall–Kier alpha value is -1.58. The largest absolute Gasteiger partial charge is 0.326 e. The van der Waals surface area contributed by atoms with Gasteiger partial charge in [0.05, 0.1) is 5.69 Å². The number of hydrazone groups is 1. The number of aryl methyl sites for hydroxylation is 1. The van der Waals surface area contributed by atoms with E-state index >= 15 is 0 Å². The van der Waals surface area contributed by atoms with E-state index in [2.05, 4.69) is 15.5 Å². The molecule has 2 N–H and O–H groups in total. The molecule has 1 rings (SSSR count). The molecule has 4 heteroatoms. The SMILES string of the molecule is CC/C(C)=N/Nc1cc(C)[nH]c(=O)c1. The molecular weight excluding hydrogens is 178 g/mol. The summed E-state index contributed by atoms with van der Waals surface area (Å²) in [5.74, 6) is 0. The van der Waals surface area contributed by atoms with Crippen molar-refractivity contribution in [2.45, 2.75) is 27.2 Å². The first-order valence-electron chi connectivity index (χ1n) is 4.62. The van der Waals surface area contributed by atoms with Gasteiger partial charge in [0.1, 0.15) is 0 Å². The first-order chi connectivity index (χ1) is 6.61. The minimum Gasteiger partial charge on any atom is -0.326 e. The Kier molecular flexibility index (Phi) is 3.45. The van der Waals surface area contributed by atoms with Crippen LogP contribution in [-0.2, 0) is 0 Å². The summed E-state index contributed by atoms with van der Waals surface area (Å²) in [6.45, 7) is 5.81. The van der Waals surface area contributed by atoms with Crippen molar-refractivity contribution in [1.29, 1.82) is 0 Å². The van der Waals surface area contributed by atoms with Crippen molar-refractivity contribution in [3.8, 4) is 0 Å². The number of aromatic nitrogens is 1. The van der Waals surface area contributed by atoms with Crippen molar-refractivity contribution in [3.05, 3.63) is 28.2 Å². The van der Waals surface area contributed by atoms with E-state index in [1.165, 1.54) is 6.07 Å². The molecule has 0 saturated carbocycles. The number of nitrogens with zero attached hydrogens (tertiary/aromatic N) is 1. The monoisotopic (exact) mass is 193 g/mol. The van der Waals surface area contributed by atoms with Crippen molar-refractivity contribution in [1.82, 2.24) is 4.98 Å². The minimum absolute atomic E-state index is 0.114. The third-order valence-corrected chi connectivity index (χ3v) is 1.87. The first-order valence-corrected chi connectivity index (χ1v) is 4.62. The van der Waals surface area contributed by atoms with Crippen LogP contribution < -0.4 is 11.0 Å². The molecule has 0 aliphatic carbocycles. The zero-order valence-corrected chi connectivity index (χ0v) is 8.72. The van der Waals surface area contributed by atoms with E-state index in [-0.39, 0.29) is 5.56 Å². The van der Waals surface area contributed by atoms with Crippen LogP contribution in [0.5, 0.6) is 0 Å². The minimum atomic E-state index is -0.114. The highest BCUT2D eigenvalue weighted by Crippen LogP contribution is 2.04. The van der Waals surface area contributed by atoms with E-state index in [9.17, 15) is 4.79 Å². The fraction of sp³-hybridized carbons (Fsp3) is 0.400. The van der Waals surface area contributed by atoms with Crippen LogP contribution >= 0.6 is 0 Å². The van der Waals surface area contributed by atoms with Crippen LogP contribution in [0.2, 0.25) is 0 Å². The predicted octanol–water partition coefficient (Wildman–Crippen LogP) is 1.88. The Bertz CT molecular complexity index is 393. The van der Waals surface area contributed by atoms with Gasteiger partial charge in [-0.1, -0.05) is 6.92 Å². The molecule has 0 amide bonds. The molecule has 1 heterocycles. The number of H-pyrrole nitrogens is 1. The van der Waals surface area contributed by atoms with Gasteiger partial charge in [-0.15, -0.1) is 0 Å². The highest BCUT2D eigenvalue weighted by molar-refractivity contribution is 5.82. The summed E-state index contributed by atoms with van der Waals surface area (Å²) in [6.07, 6.45) is 0.898. The van der Waals surface area contributed by atoms with Crippen molar-refractivity contribution < 1.29 is 0 Å². The van der Waals surface area contributed by atoms with E-state index in [4.69, 9.17) is 0 Å². The van der Waals surface area contributed by atoms with Crippen molar-refractivity contribution >= 4 is 11.4 Å². The van der Waals surface area contributed by atoms with Gasteiger partial charge in [-0.25, -0.2) is 0 Å². The Morgan fingerprint density at radius 2 is 2.29 bits per heavy atom. The quantitative estimate of drug-likeness (QED) is 0.569. The van der Waals surface area contributed by atoms with Gasteiger partial charge in [-0.05, 0) is 26.3 Å². The highest BCUT2D eigenvalue weighted by atomic mass is 16.1. The molecule has 0 aliphatic rings. The lowest BCUT2D eigenvalue weighted by molar-refractivity contribution is 1.13. The Balaban J connectivity index is 2.82. The molecule has 0 aliphatic heterocycles. The van der Waals surface area contributed by atoms with Gasteiger partial charge in [0.15, 0.2) is 0 Å². The van der Waals surface area contributed by atoms with E-state index in [0.717, 1.165) is 23.5 Å². The lowest BCUT2D eigenvalue weighted by Gasteiger charge is -2.02. The summed E-state index contributed by atoms with van der Waals surface area (Å²) in [4.78, 5) is 13.7. The van der Waals surface area contributed by atoms with E-state index in [1.807, 2.05) is 26.8 Å². The lowest BCUT2D eigenvalue weighted by atomic mass is 10.3. The average molecular weight is 193 g/mol. The zero-order valence-electron chi connectivity index (χ0n) is 8.72. The third kappa shape index (κ3) is 3.05. The standard InChI is InChI=1S/C10H15N3O/c1-4-7(2)12-13-9-5-8(3)11-10(14)6-9/h5-6H,4H2,1-3H3,(H2,11,13,14)/b12-7+. The summed E-state index contributed by atoms with van der Waals surface area (Å²) < 4.78 is 0. The van der Waals surface area contributed by atoms with Gasteiger partial charge >= 0.3 is 0 Å². The molecule has 0 aromatic carbocycles. The first kappa shape index (κ1) is 10.5. The van der Waals surface area contributed by atoms with Crippen LogP contribution in [-0.4, -0.2) is 10.7 Å². The molecule has 0 radical (unpaired) electrons. The van der Waals surface area contributed by atoms with Gasteiger partial charge in [-0.3, -0.25) is 10.2 Å². The van der Waals surface area contributed by atoms with Crippen LogP contribution in [0, 0.1) is 6.92 Å². The van der Waals surface area contributed by atoms with Crippen LogP contribution in [0.15, 0.2) is 22.0 Å². The summed E-state index contributed by atoms with van der Waals surface area (Å²) in [7, 11) is 0. The Morgan fingerprint density at radius 3 is 2.86 bits per heavy atom. The van der Waals surface area contributed by atoms with Gasteiger partial charge in [-0.2, -0.15) is 5.10 Å². The van der Waals surface area contributed by atoms with Gasteiger partial charge in [0.25, 0.3) is 0 Å². The molecular formula is C10H15N3O. The molecule has 1 aromatic rings. The lowest BCUT2D eigenvalue weighted by Crippen LogP contribution is -2.07. The van der Waals surface area contributed by atoms with E-state index < -0.39 is 0 Å². The highest BCUT2D eigenvalue weighted by Gasteiger charge is 1.94. The third-order valence-electron chi connectivity index (χ3n) is 1.87. The second kappa shape index (κ2) is 4.60. The Morgan fingerprint density at radius 1 is 1.57 bits per heavy atom. The number of pyridine rings is 1. The summed E-state index contributed by atoms with van der Waals surface area (Å²) in [6, 6.07) is 3.33. The van der Waals surface area contributed by atoms with Gasteiger partial charge in [0.2, 0.25) is 5.56 Å². The summed E-state index contributed by atoms with van der Waals surface area (Å²) in [5.41, 5.74) is 5.28. The maximum absolute atomic E-state index is 11.1. The van der Waals surface area contributed by atoms with Crippen LogP contribution in [0.4, 0.5) is 5.69 Å². The Labute approximate surface area is 83.1 Å². The van der Waals surface area contributed by atoms with Crippen molar-refractivity contribution in [2.75, 3.05) is 5.43 Å². The normalized spacial score (nSPS) is 11.5. The van der Waals surface area contributed by atoms with Crippen LogP contribution in [0.1, 0.15) is 26.0 Å². The molecule has 76 valence electrons. The molecule has 0 spiro atoms. The predicted molar refractivity (Wildman–Crippen MR) is 58.8 cm³/mol. The molecule has 4 nitrogen and oxygen atoms in total. The second-order valence-electron chi connectivity index (χ2n) is 3.23. The maximum atomic E-state index is 11.1. The van der Waals surface area contributed by atoms with Crippen LogP contribution in [0.3, 0.4) is 0 Å². The van der Waals surface area contributed by atoms with E-state index in [0.29, 0.717) is 0 Å². The number of nitrogens with one attached hydrogen (secondary N) is 2. The van der Waals surface area contributed by atoms with Crippen LogP contribution in [0.25, 0.3) is 0 Å². The molecule has 0 atom stereocenters. The number of hydrogen-bond donors (Lipinski definition) is 2. The maximum Gasteiger partial charge on any atom is 0.250 e. The fourth-order valence-electron chi connectivity index (χ4n) is 0.986. The number of rotatable bonds is 3. The number of hydrogen-bond acceptors (Lipinski definition) is 3. The molecule has 0 bridgehead atoms. The summed E-state index contributed by atoms with van der Waals surface area (Å²) in [5, 5.41) is 4.11. The average Bonchev–Trinajstić information content (AvgIpc) is 2.12. The fourth-order valence-corrected chi connectivity index (χ4v) is 0.986. The molecule has 0 fully saturated rings. The smallest absolute Gasteiger partial charge is 0.250 e. The molecule has 0 saturated heterocycles. The topological polar surface area (TPSA) is 57.2 Å². The number of aromatic amines is 1. The molecule has 0 unspecified atom stereocenters. The summed E-state index contributed by atoms with van der Waals surface area (Å²) >= 11 is 0. The zero-order chi connectivity index (χ0) is 10.6. The van der Waals surface area contributed by atoms with Gasteiger partial charge < -0.3 is 4.98 Å². The molecule has 1 aromatic heterocycles.